The Hall–Kier alpha value is -1.52. The summed E-state index contributed by atoms with van der Waals surface area (Å²) in [6, 6.07) is 7.12. The number of nitrogens with one attached hydrogen (secondary N) is 2. The molecular weight excluding hydrogens is 295 g/mol. The molecule has 0 amide bonds. The fourth-order valence-corrected chi connectivity index (χ4v) is 1.84. The molecule has 2 aromatic rings. The van der Waals surface area contributed by atoms with Crippen LogP contribution < -0.4 is 10.6 Å². The van der Waals surface area contributed by atoms with Crippen molar-refractivity contribution in [3.63, 3.8) is 0 Å². The van der Waals surface area contributed by atoms with Gasteiger partial charge in [-0.15, -0.1) is 0 Å². The van der Waals surface area contributed by atoms with Crippen LogP contribution in [0.4, 0.5) is 17.5 Å². The van der Waals surface area contributed by atoms with Gasteiger partial charge in [-0.3, -0.25) is 0 Å². The van der Waals surface area contributed by atoms with Crippen LogP contribution in [0, 0.1) is 0 Å². The molecule has 0 aliphatic heterocycles. The SMILES string of the molecule is CC(C)(C)Nc1nccc(Nc2ccc(Cl)c(Cl)c2)n1. The van der Waals surface area contributed by atoms with Crippen molar-refractivity contribution >= 4 is 40.7 Å². The quantitative estimate of drug-likeness (QED) is 0.860. The molecule has 0 radical (unpaired) electrons. The minimum Gasteiger partial charge on any atom is -0.350 e. The highest BCUT2D eigenvalue weighted by molar-refractivity contribution is 6.42. The first-order valence-corrected chi connectivity index (χ1v) is 6.92. The van der Waals surface area contributed by atoms with Gasteiger partial charge in [0, 0.05) is 17.4 Å². The van der Waals surface area contributed by atoms with Crippen LogP contribution in [-0.2, 0) is 0 Å². The molecule has 1 aromatic carbocycles. The Bertz CT molecular complexity index is 608. The maximum Gasteiger partial charge on any atom is 0.225 e. The molecular formula is C14H16Cl2N4. The van der Waals surface area contributed by atoms with Crippen molar-refractivity contribution in [3.05, 3.63) is 40.5 Å². The number of anilines is 3. The molecule has 0 spiro atoms. The normalized spacial score (nSPS) is 11.2. The predicted molar refractivity (Wildman–Crippen MR) is 85.2 cm³/mol. The van der Waals surface area contributed by atoms with Gasteiger partial charge in [-0.25, -0.2) is 4.98 Å². The molecule has 0 aliphatic rings. The second-order valence-corrected chi connectivity index (χ2v) is 6.21. The van der Waals surface area contributed by atoms with E-state index in [0.717, 1.165) is 5.69 Å². The van der Waals surface area contributed by atoms with E-state index in [0.29, 0.717) is 21.8 Å². The van der Waals surface area contributed by atoms with Gasteiger partial charge in [-0.2, -0.15) is 4.98 Å². The molecule has 2 N–H and O–H groups in total. The maximum absolute atomic E-state index is 5.98. The molecule has 0 aliphatic carbocycles. The van der Waals surface area contributed by atoms with Gasteiger partial charge >= 0.3 is 0 Å². The average Bonchev–Trinajstić information content (AvgIpc) is 2.32. The Morgan fingerprint density at radius 3 is 2.45 bits per heavy atom. The van der Waals surface area contributed by atoms with E-state index in [9.17, 15) is 0 Å². The third-order valence-corrected chi connectivity index (χ3v) is 3.07. The van der Waals surface area contributed by atoms with Gasteiger partial charge < -0.3 is 10.6 Å². The summed E-state index contributed by atoms with van der Waals surface area (Å²) in [6.45, 7) is 6.15. The van der Waals surface area contributed by atoms with Crippen LogP contribution in [0.25, 0.3) is 0 Å². The summed E-state index contributed by atoms with van der Waals surface area (Å²) in [5, 5.41) is 7.40. The lowest BCUT2D eigenvalue weighted by Gasteiger charge is -2.20. The highest BCUT2D eigenvalue weighted by atomic mass is 35.5. The highest BCUT2D eigenvalue weighted by Gasteiger charge is 2.11. The Morgan fingerprint density at radius 2 is 1.80 bits per heavy atom. The van der Waals surface area contributed by atoms with E-state index >= 15 is 0 Å². The molecule has 0 bridgehead atoms. The first-order valence-electron chi connectivity index (χ1n) is 6.17. The third kappa shape index (κ3) is 4.25. The fraction of sp³-hybridized carbons (Fsp3) is 0.286. The van der Waals surface area contributed by atoms with Crippen molar-refractivity contribution < 1.29 is 0 Å². The van der Waals surface area contributed by atoms with Crippen LogP contribution >= 0.6 is 23.2 Å². The van der Waals surface area contributed by atoms with Crippen molar-refractivity contribution in [2.75, 3.05) is 10.6 Å². The lowest BCUT2D eigenvalue weighted by atomic mass is 10.1. The number of hydrogen-bond acceptors (Lipinski definition) is 4. The molecule has 0 unspecified atom stereocenters. The van der Waals surface area contributed by atoms with Gasteiger partial charge in [0.25, 0.3) is 0 Å². The summed E-state index contributed by atoms with van der Waals surface area (Å²) in [6.07, 6.45) is 1.70. The van der Waals surface area contributed by atoms with Gasteiger partial charge in [0.15, 0.2) is 0 Å². The van der Waals surface area contributed by atoms with Crippen LogP contribution in [0.1, 0.15) is 20.8 Å². The van der Waals surface area contributed by atoms with Gasteiger partial charge in [0.05, 0.1) is 10.0 Å². The molecule has 20 heavy (non-hydrogen) atoms. The summed E-state index contributed by atoms with van der Waals surface area (Å²) in [4.78, 5) is 8.58. The number of nitrogens with zero attached hydrogens (tertiary/aromatic N) is 2. The highest BCUT2D eigenvalue weighted by Crippen LogP contribution is 2.26. The van der Waals surface area contributed by atoms with Crippen molar-refractivity contribution in [1.82, 2.24) is 9.97 Å². The van der Waals surface area contributed by atoms with E-state index in [1.165, 1.54) is 0 Å². The number of halogens is 2. The summed E-state index contributed by atoms with van der Waals surface area (Å²) >= 11 is 11.9. The number of rotatable bonds is 3. The Morgan fingerprint density at radius 1 is 1.05 bits per heavy atom. The second kappa shape index (κ2) is 5.85. The summed E-state index contributed by atoms with van der Waals surface area (Å²) in [5.41, 5.74) is 0.724. The zero-order chi connectivity index (χ0) is 14.8. The van der Waals surface area contributed by atoms with E-state index in [1.54, 1.807) is 24.4 Å². The number of hydrogen-bond donors (Lipinski definition) is 2. The smallest absolute Gasteiger partial charge is 0.225 e. The monoisotopic (exact) mass is 310 g/mol. The minimum absolute atomic E-state index is 0.0950. The van der Waals surface area contributed by atoms with Crippen LogP contribution in [0.15, 0.2) is 30.5 Å². The van der Waals surface area contributed by atoms with E-state index in [-0.39, 0.29) is 5.54 Å². The summed E-state index contributed by atoms with van der Waals surface area (Å²) < 4.78 is 0. The van der Waals surface area contributed by atoms with E-state index in [2.05, 4.69) is 41.4 Å². The predicted octanol–water partition coefficient (Wildman–Crippen LogP) is 4.74. The maximum atomic E-state index is 5.98. The Balaban J connectivity index is 2.17. The summed E-state index contributed by atoms with van der Waals surface area (Å²) in [7, 11) is 0. The minimum atomic E-state index is -0.0950. The zero-order valence-electron chi connectivity index (χ0n) is 11.5. The van der Waals surface area contributed by atoms with Crippen LogP contribution in [-0.4, -0.2) is 15.5 Å². The molecule has 6 heteroatoms. The standard InChI is InChI=1S/C14H16Cl2N4/c1-14(2,3)20-13-17-7-6-12(19-13)18-9-4-5-10(15)11(16)8-9/h4-8H,1-3H3,(H2,17,18,19,20). The lowest BCUT2D eigenvalue weighted by molar-refractivity contribution is 0.626. The fourth-order valence-electron chi connectivity index (χ4n) is 1.55. The van der Waals surface area contributed by atoms with Crippen LogP contribution in [0.2, 0.25) is 10.0 Å². The van der Waals surface area contributed by atoms with E-state index in [1.807, 2.05) is 6.07 Å². The van der Waals surface area contributed by atoms with Crippen molar-refractivity contribution in [3.8, 4) is 0 Å². The molecule has 4 nitrogen and oxygen atoms in total. The molecule has 0 fully saturated rings. The topological polar surface area (TPSA) is 49.8 Å². The molecule has 106 valence electrons. The van der Waals surface area contributed by atoms with E-state index in [4.69, 9.17) is 23.2 Å². The van der Waals surface area contributed by atoms with Crippen LogP contribution in [0.5, 0.6) is 0 Å². The van der Waals surface area contributed by atoms with Gasteiger partial charge in [-0.05, 0) is 45.0 Å². The second-order valence-electron chi connectivity index (χ2n) is 5.39. The Labute approximate surface area is 128 Å². The van der Waals surface area contributed by atoms with Crippen molar-refractivity contribution in [1.29, 1.82) is 0 Å². The lowest BCUT2D eigenvalue weighted by Crippen LogP contribution is -2.27. The first kappa shape index (κ1) is 14.9. The molecule has 0 saturated carbocycles. The Kier molecular flexibility index (Phi) is 4.35. The largest absolute Gasteiger partial charge is 0.350 e. The molecule has 1 aromatic heterocycles. The molecule has 0 atom stereocenters. The van der Waals surface area contributed by atoms with Crippen LogP contribution in [0.3, 0.4) is 0 Å². The molecule has 0 saturated heterocycles. The van der Waals surface area contributed by atoms with Crippen molar-refractivity contribution in [2.24, 2.45) is 0 Å². The van der Waals surface area contributed by atoms with Gasteiger partial charge in [0.2, 0.25) is 5.95 Å². The summed E-state index contributed by atoms with van der Waals surface area (Å²) in [5.74, 6) is 1.26. The van der Waals surface area contributed by atoms with Gasteiger partial charge in [0.1, 0.15) is 5.82 Å². The zero-order valence-corrected chi connectivity index (χ0v) is 13.0. The van der Waals surface area contributed by atoms with E-state index < -0.39 is 0 Å². The third-order valence-electron chi connectivity index (χ3n) is 2.33. The average molecular weight is 311 g/mol. The molecule has 1 heterocycles. The first-order chi connectivity index (χ1) is 9.33. The van der Waals surface area contributed by atoms with Crippen molar-refractivity contribution in [2.45, 2.75) is 26.3 Å². The number of aromatic nitrogens is 2. The number of benzene rings is 1. The molecule has 2 rings (SSSR count). The van der Waals surface area contributed by atoms with Gasteiger partial charge in [-0.1, -0.05) is 23.2 Å².